The van der Waals surface area contributed by atoms with Crippen LogP contribution in [0.3, 0.4) is 0 Å². The summed E-state index contributed by atoms with van der Waals surface area (Å²) in [6.45, 7) is 2.91. The lowest BCUT2D eigenvalue weighted by Gasteiger charge is -2.35. The summed E-state index contributed by atoms with van der Waals surface area (Å²) in [4.78, 5) is 11.0. The van der Waals surface area contributed by atoms with E-state index < -0.39 is 16.0 Å². The van der Waals surface area contributed by atoms with Crippen LogP contribution >= 0.6 is 0 Å². The average Bonchev–Trinajstić information content (AvgIpc) is 2.36. The summed E-state index contributed by atoms with van der Waals surface area (Å²) >= 11 is 0. The molecular formula is C11H22N2O4S. The van der Waals surface area contributed by atoms with Crippen LogP contribution in [0.15, 0.2) is 0 Å². The molecule has 18 heavy (non-hydrogen) atoms. The molecule has 1 aliphatic rings. The van der Waals surface area contributed by atoms with Crippen molar-refractivity contribution in [1.29, 1.82) is 0 Å². The smallest absolute Gasteiger partial charge is 0.306 e. The highest BCUT2D eigenvalue weighted by Crippen LogP contribution is 2.21. The lowest BCUT2D eigenvalue weighted by Crippen LogP contribution is -2.49. The van der Waals surface area contributed by atoms with Crippen molar-refractivity contribution in [3.8, 4) is 0 Å². The number of methoxy groups -OCH3 is 1. The second-order valence-electron chi connectivity index (χ2n) is 4.62. The van der Waals surface area contributed by atoms with Crippen LogP contribution < -0.4 is 5.73 Å². The SMILES string of the molecule is CCC1CN(S(=O)(=O)CCC(=O)OC)CCC1N. The summed E-state index contributed by atoms with van der Waals surface area (Å²) in [5, 5.41) is 0. The van der Waals surface area contributed by atoms with Gasteiger partial charge in [0.15, 0.2) is 0 Å². The van der Waals surface area contributed by atoms with Crippen LogP contribution in [0.25, 0.3) is 0 Å². The molecule has 0 aromatic rings. The molecule has 2 atom stereocenters. The van der Waals surface area contributed by atoms with Gasteiger partial charge in [-0.3, -0.25) is 4.79 Å². The number of piperidine rings is 1. The summed E-state index contributed by atoms with van der Waals surface area (Å²) in [7, 11) is -2.13. The van der Waals surface area contributed by atoms with Crippen molar-refractivity contribution in [2.45, 2.75) is 32.2 Å². The number of hydrogen-bond acceptors (Lipinski definition) is 5. The Kier molecular flexibility index (Phi) is 5.55. The van der Waals surface area contributed by atoms with Crippen LogP contribution in [0.5, 0.6) is 0 Å². The number of nitrogens with zero attached hydrogens (tertiary/aromatic N) is 1. The van der Waals surface area contributed by atoms with Gasteiger partial charge in [0.1, 0.15) is 0 Å². The molecule has 0 radical (unpaired) electrons. The van der Waals surface area contributed by atoms with Crippen LogP contribution in [0.4, 0.5) is 0 Å². The minimum atomic E-state index is -3.38. The van der Waals surface area contributed by atoms with Crippen LogP contribution in [0.1, 0.15) is 26.2 Å². The van der Waals surface area contributed by atoms with Crippen molar-refractivity contribution in [2.24, 2.45) is 11.7 Å². The zero-order chi connectivity index (χ0) is 13.8. The highest BCUT2D eigenvalue weighted by molar-refractivity contribution is 7.89. The van der Waals surface area contributed by atoms with E-state index in [1.54, 1.807) is 0 Å². The standard InChI is InChI=1S/C11H22N2O4S/c1-3-9-8-13(6-4-10(9)12)18(15,16)7-5-11(14)17-2/h9-10H,3-8,12H2,1-2H3. The average molecular weight is 278 g/mol. The number of carbonyl (C=O) groups excluding carboxylic acids is 1. The fourth-order valence-corrected chi connectivity index (χ4v) is 3.63. The topological polar surface area (TPSA) is 89.7 Å². The van der Waals surface area contributed by atoms with Gasteiger partial charge in [0.2, 0.25) is 10.0 Å². The predicted octanol–water partition coefficient (Wildman–Crippen LogP) is -0.0615. The number of carbonyl (C=O) groups is 1. The third-order valence-electron chi connectivity index (χ3n) is 3.47. The Morgan fingerprint density at radius 3 is 2.72 bits per heavy atom. The van der Waals surface area contributed by atoms with Crippen molar-refractivity contribution in [2.75, 3.05) is 26.0 Å². The molecule has 2 unspecified atom stereocenters. The van der Waals surface area contributed by atoms with Crippen LogP contribution in [-0.2, 0) is 19.6 Å². The van der Waals surface area contributed by atoms with E-state index in [4.69, 9.17) is 5.73 Å². The fraction of sp³-hybridized carbons (Fsp3) is 0.909. The highest BCUT2D eigenvalue weighted by atomic mass is 32.2. The minimum absolute atomic E-state index is 0.0713. The van der Waals surface area contributed by atoms with Gasteiger partial charge < -0.3 is 10.5 Å². The summed E-state index contributed by atoms with van der Waals surface area (Å²) in [6.07, 6.45) is 1.44. The Hall–Kier alpha value is -0.660. The molecule has 0 amide bonds. The zero-order valence-electron chi connectivity index (χ0n) is 11.0. The number of hydrogen-bond donors (Lipinski definition) is 1. The number of ether oxygens (including phenoxy) is 1. The largest absolute Gasteiger partial charge is 0.469 e. The maximum atomic E-state index is 12.1. The molecule has 2 N–H and O–H groups in total. The Morgan fingerprint density at radius 2 is 2.17 bits per heavy atom. The van der Waals surface area contributed by atoms with E-state index in [2.05, 4.69) is 4.74 Å². The third-order valence-corrected chi connectivity index (χ3v) is 5.30. The van der Waals surface area contributed by atoms with Gasteiger partial charge in [-0.05, 0) is 12.3 Å². The van der Waals surface area contributed by atoms with E-state index >= 15 is 0 Å². The Labute approximate surface area is 109 Å². The van der Waals surface area contributed by atoms with E-state index in [0.717, 1.165) is 6.42 Å². The quantitative estimate of drug-likeness (QED) is 0.711. The van der Waals surface area contributed by atoms with Crippen molar-refractivity contribution in [3.05, 3.63) is 0 Å². The molecule has 0 saturated carbocycles. The van der Waals surface area contributed by atoms with Crippen molar-refractivity contribution in [1.82, 2.24) is 4.31 Å². The molecule has 1 saturated heterocycles. The predicted molar refractivity (Wildman–Crippen MR) is 68.4 cm³/mol. The monoisotopic (exact) mass is 278 g/mol. The van der Waals surface area contributed by atoms with Gasteiger partial charge in [0, 0.05) is 19.1 Å². The lowest BCUT2D eigenvalue weighted by molar-refractivity contribution is -0.140. The van der Waals surface area contributed by atoms with Gasteiger partial charge in [0.05, 0.1) is 19.3 Å². The van der Waals surface area contributed by atoms with Crippen molar-refractivity contribution < 1.29 is 17.9 Å². The second kappa shape index (κ2) is 6.49. The Balaban J connectivity index is 2.60. The van der Waals surface area contributed by atoms with Crippen molar-refractivity contribution in [3.63, 3.8) is 0 Å². The molecule has 0 aliphatic carbocycles. The molecule has 1 fully saturated rings. The van der Waals surface area contributed by atoms with Gasteiger partial charge in [-0.2, -0.15) is 0 Å². The van der Waals surface area contributed by atoms with Crippen LogP contribution in [0, 0.1) is 5.92 Å². The molecule has 1 rings (SSSR count). The van der Waals surface area contributed by atoms with E-state index in [1.807, 2.05) is 6.92 Å². The molecule has 1 heterocycles. The van der Waals surface area contributed by atoms with Gasteiger partial charge in [-0.15, -0.1) is 0 Å². The highest BCUT2D eigenvalue weighted by Gasteiger charge is 2.32. The van der Waals surface area contributed by atoms with E-state index in [9.17, 15) is 13.2 Å². The fourth-order valence-electron chi connectivity index (χ4n) is 2.14. The molecule has 1 aliphatic heterocycles. The van der Waals surface area contributed by atoms with Gasteiger partial charge in [-0.25, -0.2) is 12.7 Å². The van der Waals surface area contributed by atoms with Crippen LogP contribution in [0.2, 0.25) is 0 Å². The molecule has 0 aromatic carbocycles. The van der Waals surface area contributed by atoms with E-state index in [1.165, 1.54) is 11.4 Å². The maximum Gasteiger partial charge on any atom is 0.306 e. The first kappa shape index (κ1) is 15.4. The normalized spacial score (nSPS) is 25.9. The molecule has 106 valence electrons. The Bertz CT molecular complexity index is 383. The third kappa shape index (κ3) is 3.93. The first-order valence-corrected chi connectivity index (χ1v) is 7.81. The van der Waals surface area contributed by atoms with Gasteiger partial charge in [-0.1, -0.05) is 13.3 Å². The molecule has 0 aromatic heterocycles. The first-order valence-electron chi connectivity index (χ1n) is 6.21. The lowest BCUT2D eigenvalue weighted by atomic mass is 9.92. The van der Waals surface area contributed by atoms with Gasteiger partial charge in [0.25, 0.3) is 0 Å². The first-order chi connectivity index (χ1) is 8.40. The zero-order valence-corrected chi connectivity index (χ0v) is 11.8. The number of esters is 1. The summed E-state index contributed by atoms with van der Waals surface area (Å²) in [6, 6.07) is 0.0713. The van der Waals surface area contributed by atoms with Gasteiger partial charge >= 0.3 is 5.97 Å². The van der Waals surface area contributed by atoms with E-state index in [0.29, 0.717) is 19.5 Å². The second-order valence-corrected chi connectivity index (χ2v) is 6.71. The van der Waals surface area contributed by atoms with E-state index in [-0.39, 0.29) is 24.1 Å². The minimum Gasteiger partial charge on any atom is -0.469 e. The molecule has 6 nitrogen and oxygen atoms in total. The summed E-state index contributed by atoms with van der Waals surface area (Å²) in [5.74, 6) is -0.489. The number of rotatable bonds is 5. The summed E-state index contributed by atoms with van der Waals surface area (Å²) < 4.78 is 30.0. The number of sulfonamides is 1. The Morgan fingerprint density at radius 1 is 1.50 bits per heavy atom. The molecule has 0 spiro atoms. The summed E-state index contributed by atoms with van der Waals surface area (Å²) in [5.41, 5.74) is 5.94. The van der Waals surface area contributed by atoms with Crippen LogP contribution in [-0.4, -0.2) is 50.7 Å². The molecular weight excluding hydrogens is 256 g/mol. The molecule has 7 heteroatoms. The van der Waals surface area contributed by atoms with Crippen molar-refractivity contribution >= 4 is 16.0 Å². The maximum absolute atomic E-state index is 12.1. The molecule has 0 bridgehead atoms. The number of nitrogens with two attached hydrogens (primary N) is 1.